The molecule has 0 fully saturated rings. The SMILES string of the molecule is CCOc1cc(CNCCc2ccccc2)ccc1OCc1c(Cl)cccc1Cl. The van der Waals surface area contributed by atoms with E-state index in [1.807, 2.05) is 37.3 Å². The van der Waals surface area contributed by atoms with Crippen LogP contribution in [0.3, 0.4) is 0 Å². The summed E-state index contributed by atoms with van der Waals surface area (Å²) < 4.78 is 11.7. The molecule has 3 nitrogen and oxygen atoms in total. The van der Waals surface area contributed by atoms with Crippen LogP contribution in [0.1, 0.15) is 23.6 Å². The Labute approximate surface area is 182 Å². The minimum atomic E-state index is 0.285. The van der Waals surface area contributed by atoms with Crippen molar-refractivity contribution in [2.45, 2.75) is 26.5 Å². The third-order valence-electron chi connectivity index (χ3n) is 4.50. The fourth-order valence-electron chi connectivity index (χ4n) is 2.98. The van der Waals surface area contributed by atoms with Gasteiger partial charge in [0.05, 0.1) is 6.61 Å². The summed E-state index contributed by atoms with van der Waals surface area (Å²) in [6.45, 7) is 4.49. The number of hydrogen-bond donors (Lipinski definition) is 1. The first-order valence-corrected chi connectivity index (χ1v) is 10.5. The van der Waals surface area contributed by atoms with Crippen LogP contribution in [0.4, 0.5) is 0 Å². The normalized spacial score (nSPS) is 10.7. The van der Waals surface area contributed by atoms with Crippen molar-refractivity contribution in [3.8, 4) is 11.5 Å². The smallest absolute Gasteiger partial charge is 0.161 e. The third kappa shape index (κ3) is 6.40. The molecule has 0 radical (unpaired) electrons. The lowest BCUT2D eigenvalue weighted by atomic mass is 10.1. The van der Waals surface area contributed by atoms with Gasteiger partial charge in [0, 0.05) is 22.2 Å². The number of ether oxygens (including phenoxy) is 2. The highest BCUT2D eigenvalue weighted by Gasteiger charge is 2.10. The molecule has 0 amide bonds. The maximum Gasteiger partial charge on any atom is 0.161 e. The highest BCUT2D eigenvalue weighted by molar-refractivity contribution is 6.35. The molecule has 0 bridgehead atoms. The van der Waals surface area contributed by atoms with Gasteiger partial charge in [0.2, 0.25) is 0 Å². The molecule has 0 saturated heterocycles. The number of benzene rings is 3. The van der Waals surface area contributed by atoms with Gasteiger partial charge in [0.25, 0.3) is 0 Å². The molecular weight excluding hydrogens is 405 g/mol. The second-order valence-electron chi connectivity index (χ2n) is 6.62. The van der Waals surface area contributed by atoms with Gasteiger partial charge in [-0.15, -0.1) is 0 Å². The molecule has 0 atom stereocenters. The van der Waals surface area contributed by atoms with E-state index in [0.717, 1.165) is 36.4 Å². The van der Waals surface area contributed by atoms with Crippen LogP contribution in [0.25, 0.3) is 0 Å². The summed E-state index contributed by atoms with van der Waals surface area (Å²) in [5.41, 5.74) is 3.24. The van der Waals surface area contributed by atoms with Crippen molar-refractivity contribution < 1.29 is 9.47 Å². The largest absolute Gasteiger partial charge is 0.490 e. The predicted octanol–water partition coefficient (Wildman–Crippen LogP) is 6.30. The van der Waals surface area contributed by atoms with Gasteiger partial charge in [-0.1, -0.05) is 65.7 Å². The summed E-state index contributed by atoms with van der Waals surface area (Å²) in [5, 5.41) is 4.67. The zero-order valence-corrected chi connectivity index (χ0v) is 18.0. The monoisotopic (exact) mass is 429 g/mol. The van der Waals surface area contributed by atoms with Crippen LogP contribution < -0.4 is 14.8 Å². The fraction of sp³-hybridized carbons (Fsp3) is 0.250. The minimum Gasteiger partial charge on any atom is -0.490 e. The van der Waals surface area contributed by atoms with Crippen LogP contribution in [-0.2, 0) is 19.6 Å². The van der Waals surface area contributed by atoms with Crippen molar-refractivity contribution in [1.82, 2.24) is 5.32 Å². The topological polar surface area (TPSA) is 30.5 Å². The summed E-state index contributed by atoms with van der Waals surface area (Å²) in [7, 11) is 0. The van der Waals surface area contributed by atoms with Crippen molar-refractivity contribution in [3.63, 3.8) is 0 Å². The number of hydrogen-bond acceptors (Lipinski definition) is 3. The molecule has 0 heterocycles. The molecule has 0 saturated carbocycles. The average Bonchev–Trinajstić information content (AvgIpc) is 2.73. The zero-order valence-electron chi connectivity index (χ0n) is 16.5. The lowest BCUT2D eigenvalue weighted by Crippen LogP contribution is -2.16. The second kappa shape index (κ2) is 11.1. The highest BCUT2D eigenvalue weighted by atomic mass is 35.5. The molecule has 0 aromatic heterocycles. The van der Waals surface area contributed by atoms with E-state index in [0.29, 0.717) is 22.4 Å². The Hall–Kier alpha value is -2.20. The average molecular weight is 430 g/mol. The van der Waals surface area contributed by atoms with E-state index in [1.165, 1.54) is 5.56 Å². The van der Waals surface area contributed by atoms with Gasteiger partial charge < -0.3 is 14.8 Å². The van der Waals surface area contributed by atoms with E-state index in [-0.39, 0.29) is 6.61 Å². The molecule has 152 valence electrons. The molecule has 0 aliphatic rings. The molecule has 0 unspecified atom stereocenters. The maximum atomic E-state index is 6.23. The van der Waals surface area contributed by atoms with E-state index < -0.39 is 0 Å². The van der Waals surface area contributed by atoms with Gasteiger partial charge in [-0.05, 0) is 55.3 Å². The fourth-order valence-corrected chi connectivity index (χ4v) is 3.49. The van der Waals surface area contributed by atoms with Crippen LogP contribution in [-0.4, -0.2) is 13.2 Å². The molecule has 1 N–H and O–H groups in total. The van der Waals surface area contributed by atoms with Crippen molar-refractivity contribution in [3.05, 3.63) is 93.5 Å². The first kappa shape index (κ1) is 21.5. The van der Waals surface area contributed by atoms with E-state index in [2.05, 4.69) is 29.6 Å². The first-order chi connectivity index (χ1) is 14.2. The molecule has 0 spiro atoms. The Morgan fingerprint density at radius 3 is 2.28 bits per heavy atom. The third-order valence-corrected chi connectivity index (χ3v) is 5.21. The quantitative estimate of drug-likeness (QED) is 0.383. The molecule has 29 heavy (non-hydrogen) atoms. The Balaban J connectivity index is 1.59. The first-order valence-electron chi connectivity index (χ1n) is 9.73. The highest BCUT2D eigenvalue weighted by Crippen LogP contribution is 2.31. The summed E-state index contributed by atoms with van der Waals surface area (Å²) in [4.78, 5) is 0. The predicted molar refractivity (Wildman–Crippen MR) is 120 cm³/mol. The van der Waals surface area contributed by atoms with Gasteiger partial charge in [0.1, 0.15) is 6.61 Å². The molecular formula is C24H25Cl2NO2. The zero-order chi connectivity index (χ0) is 20.5. The van der Waals surface area contributed by atoms with Crippen LogP contribution in [0.15, 0.2) is 66.7 Å². The molecule has 5 heteroatoms. The van der Waals surface area contributed by atoms with Crippen LogP contribution in [0.5, 0.6) is 11.5 Å². The lowest BCUT2D eigenvalue weighted by Gasteiger charge is -2.15. The molecule has 0 aliphatic carbocycles. The van der Waals surface area contributed by atoms with Gasteiger partial charge in [-0.3, -0.25) is 0 Å². The van der Waals surface area contributed by atoms with Crippen molar-refractivity contribution >= 4 is 23.2 Å². The maximum absolute atomic E-state index is 6.23. The lowest BCUT2D eigenvalue weighted by molar-refractivity contribution is 0.269. The Morgan fingerprint density at radius 2 is 1.55 bits per heavy atom. The summed E-state index contributed by atoms with van der Waals surface area (Å²) in [5.74, 6) is 1.40. The van der Waals surface area contributed by atoms with Crippen molar-refractivity contribution in [1.29, 1.82) is 0 Å². The Bertz CT molecular complexity index is 896. The van der Waals surface area contributed by atoms with E-state index in [9.17, 15) is 0 Å². The number of rotatable bonds is 10. The minimum absolute atomic E-state index is 0.285. The van der Waals surface area contributed by atoms with Crippen LogP contribution >= 0.6 is 23.2 Å². The van der Waals surface area contributed by atoms with Gasteiger partial charge >= 0.3 is 0 Å². The second-order valence-corrected chi connectivity index (χ2v) is 7.43. The van der Waals surface area contributed by atoms with Gasteiger partial charge in [-0.25, -0.2) is 0 Å². The molecule has 3 rings (SSSR count). The van der Waals surface area contributed by atoms with Crippen molar-refractivity contribution in [2.24, 2.45) is 0 Å². The summed E-state index contributed by atoms with van der Waals surface area (Å²) in [6, 6.07) is 21.9. The van der Waals surface area contributed by atoms with Crippen LogP contribution in [0.2, 0.25) is 10.0 Å². The summed E-state index contributed by atoms with van der Waals surface area (Å²) in [6.07, 6.45) is 0.999. The Kier molecular flexibility index (Phi) is 8.24. The number of halogens is 2. The molecule has 3 aromatic carbocycles. The van der Waals surface area contributed by atoms with Crippen molar-refractivity contribution in [2.75, 3.05) is 13.2 Å². The number of nitrogens with one attached hydrogen (secondary N) is 1. The summed E-state index contributed by atoms with van der Waals surface area (Å²) >= 11 is 12.5. The van der Waals surface area contributed by atoms with Gasteiger partial charge in [-0.2, -0.15) is 0 Å². The van der Waals surface area contributed by atoms with E-state index in [4.69, 9.17) is 32.7 Å². The Morgan fingerprint density at radius 1 is 0.793 bits per heavy atom. The van der Waals surface area contributed by atoms with Gasteiger partial charge in [0.15, 0.2) is 11.5 Å². The van der Waals surface area contributed by atoms with E-state index >= 15 is 0 Å². The van der Waals surface area contributed by atoms with Crippen LogP contribution in [0, 0.1) is 0 Å². The van der Waals surface area contributed by atoms with E-state index in [1.54, 1.807) is 12.1 Å². The standard InChI is InChI=1S/C24H25Cl2NO2/c1-2-28-24-15-19(16-27-14-13-18-7-4-3-5-8-18)11-12-23(24)29-17-20-21(25)9-6-10-22(20)26/h3-12,15,27H,2,13-14,16-17H2,1H3. The molecule has 0 aliphatic heterocycles. The molecule has 3 aromatic rings.